The van der Waals surface area contributed by atoms with Crippen LogP contribution >= 0.6 is 12.4 Å². The van der Waals surface area contributed by atoms with Crippen molar-refractivity contribution in [2.24, 2.45) is 0 Å². The first-order valence-electron chi connectivity index (χ1n) is 10.6. The zero-order valence-electron chi connectivity index (χ0n) is 17.8. The molecule has 0 radical (unpaired) electrons. The Balaban J connectivity index is 0.00000245. The topological polar surface area (TPSA) is 91.5 Å². The molecule has 7 nitrogen and oxygen atoms in total. The number of halogens is 1. The highest BCUT2D eigenvalue weighted by Crippen LogP contribution is 2.36. The van der Waals surface area contributed by atoms with Crippen LogP contribution in [0.4, 0.5) is 0 Å². The third-order valence-electron chi connectivity index (χ3n) is 5.99. The highest BCUT2D eigenvalue weighted by atomic mass is 35.5. The van der Waals surface area contributed by atoms with Gasteiger partial charge in [-0.3, -0.25) is 9.69 Å². The molecule has 1 saturated heterocycles. The van der Waals surface area contributed by atoms with E-state index in [0.717, 1.165) is 48.1 Å². The molecule has 0 atom stereocenters. The maximum absolute atomic E-state index is 12.5. The van der Waals surface area contributed by atoms with E-state index in [2.05, 4.69) is 33.4 Å². The fourth-order valence-corrected chi connectivity index (χ4v) is 5.07. The van der Waals surface area contributed by atoms with E-state index in [4.69, 9.17) is 4.18 Å². The van der Waals surface area contributed by atoms with Crippen molar-refractivity contribution in [2.45, 2.75) is 32.4 Å². The number of carbonyl (C=O) groups is 1. The first-order valence-corrected chi connectivity index (χ1v) is 12.4. The summed E-state index contributed by atoms with van der Waals surface area (Å²) in [4.78, 5) is 18.4. The summed E-state index contributed by atoms with van der Waals surface area (Å²) in [6.07, 6.45) is 4.85. The average Bonchev–Trinajstić information content (AvgIpc) is 3.32. The van der Waals surface area contributed by atoms with Crippen LogP contribution in [0.25, 0.3) is 22.2 Å². The zero-order valence-corrected chi connectivity index (χ0v) is 19.4. The lowest BCUT2D eigenvalue weighted by atomic mass is 9.99. The van der Waals surface area contributed by atoms with Gasteiger partial charge in [0.15, 0.2) is 0 Å². The summed E-state index contributed by atoms with van der Waals surface area (Å²) in [5, 5.41) is 3.87. The lowest BCUT2D eigenvalue weighted by Crippen LogP contribution is -2.28. The van der Waals surface area contributed by atoms with E-state index in [0.29, 0.717) is 11.1 Å². The van der Waals surface area contributed by atoms with Crippen LogP contribution < -0.4 is 9.50 Å². The van der Waals surface area contributed by atoms with Gasteiger partial charge < -0.3 is 14.5 Å². The van der Waals surface area contributed by atoms with Gasteiger partial charge in [0, 0.05) is 40.8 Å². The maximum atomic E-state index is 12.5. The first kappa shape index (κ1) is 22.6. The highest BCUT2D eigenvalue weighted by molar-refractivity contribution is 7.86. The van der Waals surface area contributed by atoms with Crippen molar-refractivity contribution < 1.29 is 17.4 Å². The van der Waals surface area contributed by atoms with Crippen LogP contribution in [0, 0.1) is 0 Å². The summed E-state index contributed by atoms with van der Waals surface area (Å²) in [7, 11) is -3.68. The van der Waals surface area contributed by atoms with Gasteiger partial charge in [-0.2, -0.15) is 8.42 Å². The van der Waals surface area contributed by atoms with Crippen molar-refractivity contribution in [3.05, 3.63) is 53.1 Å². The minimum atomic E-state index is -3.68. The molecule has 1 fully saturated rings. The number of aromatic nitrogens is 1. The number of aromatic amines is 1. The van der Waals surface area contributed by atoms with Crippen molar-refractivity contribution in [1.82, 2.24) is 15.2 Å². The second kappa shape index (κ2) is 8.77. The Morgan fingerprint density at radius 2 is 1.84 bits per heavy atom. The van der Waals surface area contributed by atoms with E-state index in [-0.39, 0.29) is 30.6 Å². The molecule has 0 bridgehead atoms. The molecule has 170 valence electrons. The molecule has 1 amide bonds. The van der Waals surface area contributed by atoms with E-state index < -0.39 is 10.1 Å². The number of H-pyrrole nitrogens is 1. The highest BCUT2D eigenvalue weighted by Gasteiger charge is 2.28. The normalized spacial score (nSPS) is 16.5. The van der Waals surface area contributed by atoms with Crippen molar-refractivity contribution in [3.63, 3.8) is 0 Å². The number of rotatable bonds is 5. The van der Waals surface area contributed by atoms with Gasteiger partial charge in [0.1, 0.15) is 5.75 Å². The van der Waals surface area contributed by atoms with Crippen LogP contribution in [0.3, 0.4) is 0 Å². The Hall–Kier alpha value is -2.55. The lowest BCUT2D eigenvalue weighted by molar-refractivity contribution is 0.0966. The fourth-order valence-electron chi connectivity index (χ4n) is 4.59. The molecule has 2 aromatic carbocycles. The molecule has 5 rings (SSSR count). The summed E-state index contributed by atoms with van der Waals surface area (Å²) in [5.41, 5.74) is 4.86. The average molecular weight is 476 g/mol. The minimum absolute atomic E-state index is 0. The largest absolute Gasteiger partial charge is 0.382 e. The lowest BCUT2D eigenvalue weighted by Gasteiger charge is -2.26. The summed E-state index contributed by atoms with van der Waals surface area (Å²) < 4.78 is 28.3. The summed E-state index contributed by atoms with van der Waals surface area (Å²) in [5.74, 6) is -0.0343. The number of hydrogen-bond donors (Lipinski definition) is 2. The number of nitrogens with one attached hydrogen (secondary N) is 2. The van der Waals surface area contributed by atoms with Gasteiger partial charge in [0.2, 0.25) is 0 Å². The standard InChI is InChI=1S/C23H25N3O4S.ClH/c1-31(28,29)30-21-8-6-17(22-18(21)13-24-23(22)27)20-12-16-11-15(5-7-19(16)25-20)14-26-9-3-2-4-10-26;/h5-8,11-12,25H,2-4,9-10,13-14H2,1H3,(H,24,27);1H. The molecular weight excluding hydrogens is 450 g/mol. The quantitative estimate of drug-likeness (QED) is 0.547. The Labute approximate surface area is 193 Å². The second-order valence-corrected chi connectivity index (χ2v) is 9.95. The van der Waals surface area contributed by atoms with E-state index >= 15 is 0 Å². The number of nitrogens with zero attached hydrogens (tertiary/aromatic N) is 1. The molecule has 0 saturated carbocycles. The van der Waals surface area contributed by atoms with Crippen LogP contribution in [-0.4, -0.2) is 43.6 Å². The van der Waals surface area contributed by atoms with Crippen molar-refractivity contribution >= 4 is 39.3 Å². The van der Waals surface area contributed by atoms with E-state index in [1.165, 1.54) is 24.8 Å². The van der Waals surface area contributed by atoms with Crippen molar-refractivity contribution in [2.75, 3.05) is 19.3 Å². The van der Waals surface area contributed by atoms with Gasteiger partial charge in [-0.1, -0.05) is 12.5 Å². The Kier molecular flexibility index (Phi) is 6.20. The number of piperidine rings is 1. The van der Waals surface area contributed by atoms with E-state index in [1.54, 1.807) is 12.1 Å². The number of amides is 1. The Morgan fingerprint density at radius 1 is 1.06 bits per heavy atom. The molecule has 2 N–H and O–H groups in total. The molecule has 3 heterocycles. The number of fused-ring (bicyclic) bond motifs is 2. The van der Waals surface area contributed by atoms with Gasteiger partial charge >= 0.3 is 10.1 Å². The molecule has 9 heteroatoms. The number of hydrogen-bond acceptors (Lipinski definition) is 5. The Morgan fingerprint density at radius 3 is 2.59 bits per heavy atom. The van der Waals surface area contributed by atoms with Crippen LogP contribution in [-0.2, 0) is 23.2 Å². The number of likely N-dealkylation sites (tertiary alicyclic amines) is 1. The van der Waals surface area contributed by atoms with Crippen LogP contribution in [0.15, 0.2) is 36.4 Å². The summed E-state index contributed by atoms with van der Waals surface area (Å²) >= 11 is 0. The van der Waals surface area contributed by atoms with Gasteiger partial charge in [0.05, 0.1) is 11.8 Å². The summed E-state index contributed by atoms with van der Waals surface area (Å²) in [6.45, 7) is 3.50. The first-order chi connectivity index (χ1) is 14.9. The molecule has 0 aliphatic carbocycles. The second-order valence-electron chi connectivity index (χ2n) is 8.38. The van der Waals surface area contributed by atoms with E-state index in [1.807, 2.05) is 6.07 Å². The van der Waals surface area contributed by atoms with Gasteiger partial charge in [0.25, 0.3) is 5.91 Å². The summed E-state index contributed by atoms with van der Waals surface area (Å²) in [6, 6.07) is 11.8. The zero-order chi connectivity index (χ0) is 21.6. The van der Waals surface area contributed by atoms with Crippen molar-refractivity contribution in [3.8, 4) is 17.0 Å². The number of carbonyl (C=O) groups excluding carboxylic acids is 1. The molecule has 32 heavy (non-hydrogen) atoms. The minimum Gasteiger partial charge on any atom is -0.382 e. The molecular formula is C23H26ClN3O4S. The SMILES string of the molecule is CS(=O)(=O)Oc1ccc(-c2cc3cc(CN4CCCCC4)ccc3[nH]2)c2c1CNC2=O.Cl. The van der Waals surface area contributed by atoms with Gasteiger partial charge in [-0.05, 0) is 61.8 Å². The van der Waals surface area contributed by atoms with E-state index in [9.17, 15) is 13.2 Å². The van der Waals surface area contributed by atoms with Crippen LogP contribution in [0.2, 0.25) is 0 Å². The third-order valence-corrected chi connectivity index (χ3v) is 6.48. The monoisotopic (exact) mass is 475 g/mol. The predicted octanol–water partition coefficient (Wildman–Crippen LogP) is 3.82. The number of benzene rings is 2. The molecule has 0 spiro atoms. The maximum Gasteiger partial charge on any atom is 0.306 e. The molecule has 2 aliphatic heterocycles. The fraction of sp³-hybridized carbons (Fsp3) is 0.348. The smallest absolute Gasteiger partial charge is 0.306 e. The molecule has 1 aromatic heterocycles. The third kappa shape index (κ3) is 4.48. The van der Waals surface area contributed by atoms with Crippen LogP contribution in [0.5, 0.6) is 5.75 Å². The van der Waals surface area contributed by atoms with Crippen LogP contribution in [0.1, 0.15) is 40.7 Å². The predicted molar refractivity (Wildman–Crippen MR) is 127 cm³/mol. The van der Waals surface area contributed by atoms with Crippen molar-refractivity contribution in [1.29, 1.82) is 0 Å². The Bertz CT molecular complexity index is 1280. The van der Waals surface area contributed by atoms with Gasteiger partial charge in [-0.25, -0.2) is 0 Å². The molecule has 2 aliphatic rings. The van der Waals surface area contributed by atoms with Gasteiger partial charge in [-0.15, -0.1) is 12.4 Å². The molecule has 3 aromatic rings. The molecule has 0 unspecified atom stereocenters.